The van der Waals surface area contributed by atoms with Gasteiger partial charge in [-0.3, -0.25) is 9.59 Å². The number of anilines is 2. The normalized spacial score (nSPS) is 10.8. The molecule has 0 atom stereocenters. The van der Waals surface area contributed by atoms with Gasteiger partial charge < -0.3 is 15.2 Å². The van der Waals surface area contributed by atoms with Crippen molar-refractivity contribution in [3.05, 3.63) is 71.1 Å². The van der Waals surface area contributed by atoms with Crippen LogP contribution in [0, 0.1) is 19.8 Å². The van der Waals surface area contributed by atoms with E-state index in [0.29, 0.717) is 22.7 Å². The molecule has 6 nitrogen and oxygen atoms in total. The minimum absolute atomic E-state index is 0.0453. The summed E-state index contributed by atoms with van der Waals surface area (Å²) in [6, 6.07) is 14.6. The number of benzene rings is 2. The molecule has 0 saturated heterocycles. The van der Waals surface area contributed by atoms with Gasteiger partial charge in [-0.2, -0.15) is 0 Å². The number of nitrogens with one attached hydrogen (secondary N) is 2. The van der Waals surface area contributed by atoms with E-state index in [9.17, 15) is 9.59 Å². The van der Waals surface area contributed by atoms with Gasteiger partial charge in [0.25, 0.3) is 5.91 Å². The van der Waals surface area contributed by atoms with Gasteiger partial charge in [0.15, 0.2) is 0 Å². The second-order valence-electron chi connectivity index (χ2n) is 7.26. The third-order valence-electron chi connectivity index (χ3n) is 4.62. The predicted octanol–water partition coefficient (Wildman–Crippen LogP) is 5.43. The van der Waals surface area contributed by atoms with Crippen LogP contribution < -0.4 is 10.6 Å². The van der Waals surface area contributed by atoms with Crippen LogP contribution in [0.3, 0.4) is 0 Å². The maximum atomic E-state index is 12.9. The van der Waals surface area contributed by atoms with Crippen molar-refractivity contribution >= 4 is 35.0 Å². The number of carbonyl (C=O) groups is 2. The highest BCUT2D eigenvalue weighted by atomic mass is 32.2. The molecule has 156 valence electrons. The van der Waals surface area contributed by atoms with Crippen LogP contribution in [-0.4, -0.2) is 17.0 Å². The highest BCUT2D eigenvalue weighted by Gasteiger charge is 2.15. The van der Waals surface area contributed by atoms with E-state index in [-0.39, 0.29) is 17.7 Å². The summed E-state index contributed by atoms with van der Waals surface area (Å²) in [5.41, 5.74) is 3.88. The number of amides is 2. The van der Waals surface area contributed by atoms with Crippen LogP contribution in [0.5, 0.6) is 0 Å². The Morgan fingerprint density at radius 2 is 1.63 bits per heavy atom. The van der Waals surface area contributed by atoms with Gasteiger partial charge in [0, 0.05) is 33.5 Å². The Morgan fingerprint density at radius 3 is 2.23 bits per heavy atom. The van der Waals surface area contributed by atoms with Crippen molar-refractivity contribution in [2.75, 3.05) is 10.6 Å². The van der Waals surface area contributed by atoms with Gasteiger partial charge in [0.05, 0.1) is 11.3 Å². The summed E-state index contributed by atoms with van der Waals surface area (Å²) in [4.78, 5) is 25.5. The van der Waals surface area contributed by atoms with E-state index in [0.717, 1.165) is 21.9 Å². The van der Waals surface area contributed by atoms with Gasteiger partial charge in [-0.05, 0) is 50.2 Å². The summed E-state index contributed by atoms with van der Waals surface area (Å²) >= 11 is 1.58. The predicted molar refractivity (Wildman–Crippen MR) is 120 cm³/mol. The first-order valence-corrected chi connectivity index (χ1v) is 10.7. The fourth-order valence-electron chi connectivity index (χ4n) is 2.76. The lowest BCUT2D eigenvalue weighted by Crippen LogP contribution is -2.17. The van der Waals surface area contributed by atoms with E-state index in [1.54, 1.807) is 36.0 Å². The van der Waals surface area contributed by atoms with Gasteiger partial charge >= 0.3 is 0 Å². The first-order chi connectivity index (χ1) is 14.3. The lowest BCUT2D eigenvalue weighted by Gasteiger charge is -2.11. The standard InChI is InChI=1S/C23H25N3O3S/c1-14(2)22(27)24-17-9-11-18(12-10-17)25-23(28)19-7-5-6-8-21(19)30-13-20-15(3)26-29-16(20)4/h5-12,14H,13H2,1-4H3,(H,24,27)(H,25,28). The number of hydrogen-bond acceptors (Lipinski definition) is 5. The van der Waals surface area contributed by atoms with Gasteiger partial charge in [0.2, 0.25) is 5.91 Å². The van der Waals surface area contributed by atoms with Crippen LogP contribution >= 0.6 is 11.8 Å². The van der Waals surface area contributed by atoms with Gasteiger partial charge in [-0.15, -0.1) is 11.8 Å². The molecule has 3 aromatic rings. The molecule has 0 aliphatic rings. The molecular weight excluding hydrogens is 398 g/mol. The number of aryl methyl sites for hydroxylation is 2. The zero-order chi connectivity index (χ0) is 21.7. The monoisotopic (exact) mass is 423 g/mol. The van der Waals surface area contributed by atoms with Crippen LogP contribution in [0.1, 0.15) is 41.2 Å². The second kappa shape index (κ2) is 9.63. The Bertz CT molecular complexity index is 1020. The quantitative estimate of drug-likeness (QED) is 0.495. The number of rotatable bonds is 7. The molecule has 0 unspecified atom stereocenters. The number of hydrogen-bond donors (Lipinski definition) is 2. The minimum Gasteiger partial charge on any atom is -0.361 e. The molecule has 2 aromatic carbocycles. The van der Waals surface area contributed by atoms with Crippen molar-refractivity contribution in [2.24, 2.45) is 5.92 Å². The number of carbonyl (C=O) groups excluding carboxylic acids is 2. The van der Waals surface area contributed by atoms with Crippen molar-refractivity contribution in [1.29, 1.82) is 0 Å². The van der Waals surface area contributed by atoms with Gasteiger partial charge in [-0.1, -0.05) is 31.1 Å². The number of nitrogens with zero attached hydrogens (tertiary/aromatic N) is 1. The Morgan fingerprint density at radius 1 is 1.00 bits per heavy atom. The highest BCUT2D eigenvalue weighted by Crippen LogP contribution is 2.29. The van der Waals surface area contributed by atoms with Crippen LogP contribution in [0.15, 0.2) is 57.9 Å². The maximum absolute atomic E-state index is 12.9. The Balaban J connectivity index is 1.68. The van der Waals surface area contributed by atoms with Crippen LogP contribution in [0.25, 0.3) is 0 Å². The molecule has 30 heavy (non-hydrogen) atoms. The van der Waals surface area contributed by atoms with E-state index in [2.05, 4.69) is 15.8 Å². The van der Waals surface area contributed by atoms with Crippen LogP contribution in [0.4, 0.5) is 11.4 Å². The van der Waals surface area contributed by atoms with Crippen molar-refractivity contribution in [1.82, 2.24) is 5.16 Å². The van der Waals surface area contributed by atoms with E-state index < -0.39 is 0 Å². The molecule has 1 heterocycles. The Hall–Kier alpha value is -3.06. The van der Waals surface area contributed by atoms with Gasteiger partial charge in [-0.25, -0.2) is 0 Å². The molecule has 2 amide bonds. The molecule has 1 aromatic heterocycles. The largest absolute Gasteiger partial charge is 0.361 e. The minimum atomic E-state index is -0.184. The Labute approximate surface area is 180 Å². The molecule has 0 fully saturated rings. The van der Waals surface area contributed by atoms with Crippen molar-refractivity contribution < 1.29 is 14.1 Å². The highest BCUT2D eigenvalue weighted by molar-refractivity contribution is 7.98. The van der Waals surface area contributed by atoms with E-state index in [1.165, 1.54) is 0 Å². The SMILES string of the molecule is Cc1noc(C)c1CSc1ccccc1C(=O)Nc1ccc(NC(=O)C(C)C)cc1. The zero-order valence-electron chi connectivity index (χ0n) is 17.5. The zero-order valence-corrected chi connectivity index (χ0v) is 18.3. The summed E-state index contributed by atoms with van der Waals surface area (Å²) in [5.74, 6) is 1.15. The molecule has 0 saturated carbocycles. The topological polar surface area (TPSA) is 84.2 Å². The molecule has 0 spiro atoms. The van der Waals surface area contributed by atoms with Crippen LogP contribution in [-0.2, 0) is 10.5 Å². The second-order valence-corrected chi connectivity index (χ2v) is 8.28. The van der Waals surface area contributed by atoms with Crippen molar-refractivity contribution in [3.8, 4) is 0 Å². The summed E-state index contributed by atoms with van der Waals surface area (Å²) < 4.78 is 5.22. The van der Waals surface area contributed by atoms with Gasteiger partial charge in [0.1, 0.15) is 5.76 Å². The lowest BCUT2D eigenvalue weighted by molar-refractivity contribution is -0.118. The molecule has 0 aliphatic carbocycles. The van der Waals surface area contributed by atoms with E-state index >= 15 is 0 Å². The molecule has 0 bridgehead atoms. The van der Waals surface area contributed by atoms with E-state index in [1.807, 2.05) is 52.0 Å². The Kier molecular flexibility index (Phi) is 6.95. The average Bonchev–Trinajstić information content (AvgIpc) is 3.05. The number of thioether (sulfide) groups is 1. The fraction of sp³-hybridized carbons (Fsp3) is 0.261. The maximum Gasteiger partial charge on any atom is 0.256 e. The van der Waals surface area contributed by atoms with E-state index in [4.69, 9.17) is 4.52 Å². The summed E-state index contributed by atoms with van der Waals surface area (Å²) in [7, 11) is 0. The third-order valence-corrected chi connectivity index (χ3v) is 5.72. The molecular formula is C23H25N3O3S. The molecule has 0 aliphatic heterocycles. The third kappa shape index (κ3) is 5.30. The first kappa shape index (κ1) is 21.6. The van der Waals surface area contributed by atoms with Crippen molar-refractivity contribution in [3.63, 3.8) is 0 Å². The summed E-state index contributed by atoms with van der Waals surface area (Å²) in [6.45, 7) is 7.48. The molecule has 3 rings (SSSR count). The molecule has 2 N–H and O–H groups in total. The van der Waals surface area contributed by atoms with Crippen LogP contribution in [0.2, 0.25) is 0 Å². The first-order valence-electron chi connectivity index (χ1n) is 9.71. The average molecular weight is 424 g/mol. The smallest absolute Gasteiger partial charge is 0.256 e. The van der Waals surface area contributed by atoms with Crippen molar-refractivity contribution in [2.45, 2.75) is 38.3 Å². The molecule has 7 heteroatoms. The summed E-state index contributed by atoms with van der Waals surface area (Å²) in [6.07, 6.45) is 0. The fourth-order valence-corrected chi connectivity index (χ4v) is 3.96. The molecule has 0 radical (unpaired) electrons. The lowest BCUT2D eigenvalue weighted by atomic mass is 10.2. The summed E-state index contributed by atoms with van der Waals surface area (Å²) in [5, 5.41) is 9.74. The number of aromatic nitrogens is 1.